The largest absolute Gasteiger partial charge is 0.443 e. The van der Waals surface area contributed by atoms with Crippen molar-refractivity contribution in [1.29, 1.82) is 0 Å². The molecule has 26 heavy (non-hydrogen) atoms. The number of hydrazone groups is 1. The number of nitrogens with zero attached hydrogens (tertiary/aromatic N) is 6. The van der Waals surface area contributed by atoms with Crippen molar-refractivity contribution in [2.75, 3.05) is 0 Å². The summed E-state index contributed by atoms with van der Waals surface area (Å²) < 4.78 is 7.57. The maximum atomic E-state index is 12.0. The highest BCUT2D eigenvalue weighted by atomic mass is 16.5. The Morgan fingerprint density at radius 2 is 1.85 bits per heavy atom. The molecule has 0 bridgehead atoms. The minimum absolute atomic E-state index is 0.202. The van der Waals surface area contributed by atoms with E-state index in [1.807, 2.05) is 51.1 Å². The maximum absolute atomic E-state index is 12.0. The van der Waals surface area contributed by atoms with E-state index in [0.717, 1.165) is 22.5 Å². The summed E-state index contributed by atoms with van der Waals surface area (Å²) >= 11 is 0. The van der Waals surface area contributed by atoms with Crippen LogP contribution in [0.25, 0.3) is 5.78 Å². The topological polar surface area (TPSA) is 85.0 Å². The second-order valence-corrected chi connectivity index (χ2v) is 6.34. The normalized spacial score (nSPS) is 16.7. The Balaban J connectivity index is 1.73. The number of fused-ring (bicyclic) bond motifs is 1. The van der Waals surface area contributed by atoms with Gasteiger partial charge in [-0.25, -0.2) is 9.50 Å². The van der Waals surface area contributed by atoms with Crippen LogP contribution in [0.3, 0.4) is 0 Å². The summed E-state index contributed by atoms with van der Waals surface area (Å²) in [7, 11) is 0. The number of carbonyl (C=O) groups is 1. The first-order valence-electron chi connectivity index (χ1n) is 8.25. The van der Waals surface area contributed by atoms with Crippen LogP contribution in [-0.2, 0) is 9.53 Å². The molecule has 1 aliphatic heterocycles. The van der Waals surface area contributed by atoms with Crippen molar-refractivity contribution in [1.82, 2.24) is 24.6 Å². The van der Waals surface area contributed by atoms with Gasteiger partial charge in [-0.3, -0.25) is 4.79 Å². The molecule has 1 atom stereocenters. The standard InChI is InChI=1S/C18H18N6O2/c1-10-5-7-14(8-6-10)17-24(13(4)25)22-16(26-17)15-20-18-19-11(2)9-12(3)23(18)21-15/h5-9,17H,1-4H3. The van der Waals surface area contributed by atoms with E-state index in [1.165, 1.54) is 11.9 Å². The minimum Gasteiger partial charge on any atom is -0.443 e. The predicted molar refractivity (Wildman–Crippen MR) is 94.3 cm³/mol. The molecule has 1 amide bonds. The van der Waals surface area contributed by atoms with Gasteiger partial charge in [-0.1, -0.05) is 29.8 Å². The highest BCUT2D eigenvalue weighted by Gasteiger charge is 2.34. The van der Waals surface area contributed by atoms with Crippen molar-refractivity contribution in [2.24, 2.45) is 5.10 Å². The molecule has 0 saturated carbocycles. The van der Waals surface area contributed by atoms with Crippen molar-refractivity contribution in [2.45, 2.75) is 33.9 Å². The number of aromatic nitrogens is 4. The summed E-state index contributed by atoms with van der Waals surface area (Å²) in [6.45, 7) is 7.27. The molecule has 3 aromatic rings. The molecule has 4 rings (SSSR count). The van der Waals surface area contributed by atoms with Gasteiger partial charge in [0.05, 0.1) is 0 Å². The second kappa shape index (κ2) is 5.91. The van der Waals surface area contributed by atoms with Crippen molar-refractivity contribution < 1.29 is 9.53 Å². The van der Waals surface area contributed by atoms with Crippen LogP contribution in [0.4, 0.5) is 0 Å². The van der Waals surface area contributed by atoms with E-state index >= 15 is 0 Å². The fraction of sp³-hybridized carbons (Fsp3) is 0.278. The highest BCUT2D eigenvalue weighted by Crippen LogP contribution is 2.29. The van der Waals surface area contributed by atoms with Gasteiger partial charge in [0.15, 0.2) is 0 Å². The van der Waals surface area contributed by atoms with E-state index < -0.39 is 6.23 Å². The number of hydrogen-bond acceptors (Lipinski definition) is 6. The molecule has 1 aliphatic rings. The lowest BCUT2D eigenvalue weighted by Crippen LogP contribution is -2.25. The molecule has 0 radical (unpaired) electrons. The Kier molecular flexibility index (Phi) is 3.68. The van der Waals surface area contributed by atoms with E-state index in [1.54, 1.807) is 4.52 Å². The number of hydrogen-bond donors (Lipinski definition) is 0. The van der Waals surface area contributed by atoms with E-state index in [-0.39, 0.29) is 11.8 Å². The molecule has 0 saturated heterocycles. The maximum Gasteiger partial charge on any atom is 0.281 e. The van der Waals surface area contributed by atoms with Crippen LogP contribution in [0.5, 0.6) is 0 Å². The van der Waals surface area contributed by atoms with Crippen LogP contribution in [-0.4, -0.2) is 36.4 Å². The van der Waals surface area contributed by atoms with Crippen LogP contribution in [0, 0.1) is 20.8 Å². The molecule has 132 valence electrons. The molecule has 8 nitrogen and oxygen atoms in total. The third-order valence-corrected chi connectivity index (χ3v) is 4.14. The van der Waals surface area contributed by atoms with Crippen LogP contribution in [0.1, 0.15) is 41.5 Å². The van der Waals surface area contributed by atoms with Crippen molar-refractivity contribution in [3.63, 3.8) is 0 Å². The van der Waals surface area contributed by atoms with Crippen molar-refractivity contribution in [3.8, 4) is 0 Å². The van der Waals surface area contributed by atoms with Crippen molar-refractivity contribution in [3.05, 3.63) is 58.7 Å². The molecule has 3 heterocycles. The van der Waals surface area contributed by atoms with Gasteiger partial charge in [-0.15, -0.1) is 10.2 Å². The summed E-state index contributed by atoms with van der Waals surface area (Å²) in [5.74, 6) is 0.747. The number of amides is 1. The molecule has 2 aromatic heterocycles. The minimum atomic E-state index is -0.634. The summed E-state index contributed by atoms with van der Waals surface area (Å²) in [5.41, 5.74) is 3.72. The van der Waals surface area contributed by atoms with Gasteiger partial charge in [0.2, 0.25) is 18.0 Å². The SMILES string of the molecule is CC(=O)N1N=C(c2nc3nc(C)cc(C)n3n2)OC1c1ccc(C)cc1. The number of benzene rings is 1. The summed E-state index contributed by atoms with van der Waals surface area (Å²) in [5, 5.41) is 10.0. The average Bonchev–Trinajstić information content (AvgIpc) is 3.19. The van der Waals surface area contributed by atoms with Gasteiger partial charge in [0, 0.05) is 23.9 Å². The zero-order valence-electron chi connectivity index (χ0n) is 15.0. The van der Waals surface area contributed by atoms with Crippen LogP contribution in [0.15, 0.2) is 35.4 Å². The third-order valence-electron chi connectivity index (χ3n) is 4.14. The lowest BCUT2D eigenvalue weighted by molar-refractivity contribution is -0.135. The van der Waals surface area contributed by atoms with Crippen LogP contribution in [0.2, 0.25) is 0 Å². The fourth-order valence-electron chi connectivity index (χ4n) is 2.86. The smallest absolute Gasteiger partial charge is 0.281 e. The van der Waals surface area contributed by atoms with Gasteiger partial charge in [0.1, 0.15) is 0 Å². The average molecular weight is 350 g/mol. The first kappa shape index (κ1) is 16.2. The molecule has 0 spiro atoms. The molecule has 0 N–H and O–H groups in total. The summed E-state index contributed by atoms with van der Waals surface area (Å²) in [6.07, 6.45) is -0.634. The lowest BCUT2D eigenvalue weighted by Gasteiger charge is -2.19. The van der Waals surface area contributed by atoms with E-state index in [4.69, 9.17) is 4.74 Å². The van der Waals surface area contributed by atoms with E-state index in [2.05, 4.69) is 20.2 Å². The molecular weight excluding hydrogens is 332 g/mol. The molecule has 8 heteroatoms. The monoisotopic (exact) mass is 350 g/mol. The predicted octanol–water partition coefficient (Wildman–Crippen LogP) is 2.29. The van der Waals surface area contributed by atoms with E-state index in [9.17, 15) is 4.79 Å². The number of ether oxygens (including phenoxy) is 1. The highest BCUT2D eigenvalue weighted by molar-refractivity contribution is 5.93. The number of aryl methyl sites for hydroxylation is 3. The molecule has 0 fully saturated rings. The first-order chi connectivity index (χ1) is 12.4. The van der Waals surface area contributed by atoms with Crippen LogP contribution < -0.4 is 0 Å². The second-order valence-electron chi connectivity index (χ2n) is 6.34. The Bertz CT molecular complexity index is 1040. The zero-order chi connectivity index (χ0) is 18.4. The van der Waals surface area contributed by atoms with E-state index in [0.29, 0.717) is 11.6 Å². The molecular formula is C18H18N6O2. The molecule has 1 aromatic carbocycles. The Labute approximate surface area is 150 Å². The van der Waals surface area contributed by atoms with Gasteiger partial charge < -0.3 is 4.74 Å². The molecule has 0 aliphatic carbocycles. The summed E-state index contributed by atoms with van der Waals surface area (Å²) in [4.78, 5) is 20.8. The number of carbonyl (C=O) groups excluding carboxylic acids is 1. The Morgan fingerprint density at radius 3 is 2.54 bits per heavy atom. The van der Waals surface area contributed by atoms with Gasteiger partial charge >= 0.3 is 0 Å². The first-order valence-corrected chi connectivity index (χ1v) is 8.25. The quantitative estimate of drug-likeness (QED) is 0.708. The lowest BCUT2D eigenvalue weighted by atomic mass is 10.1. The fourth-order valence-corrected chi connectivity index (χ4v) is 2.86. The van der Waals surface area contributed by atoms with Gasteiger partial charge in [0.25, 0.3) is 11.7 Å². The zero-order valence-corrected chi connectivity index (χ0v) is 15.0. The Hall–Kier alpha value is -3.29. The van der Waals surface area contributed by atoms with Gasteiger partial charge in [-0.05, 0) is 26.8 Å². The third kappa shape index (κ3) is 2.69. The Morgan fingerprint density at radius 1 is 1.12 bits per heavy atom. The van der Waals surface area contributed by atoms with Crippen LogP contribution >= 0.6 is 0 Å². The van der Waals surface area contributed by atoms with Crippen molar-refractivity contribution >= 4 is 17.6 Å². The number of rotatable bonds is 2. The van der Waals surface area contributed by atoms with Gasteiger partial charge in [-0.2, -0.15) is 9.99 Å². The summed E-state index contributed by atoms with van der Waals surface area (Å²) in [6, 6.07) is 9.68. The molecule has 1 unspecified atom stereocenters.